The lowest BCUT2D eigenvalue weighted by molar-refractivity contribution is -0.137. The van der Waals surface area contributed by atoms with Gasteiger partial charge in [-0.25, -0.2) is 0 Å². The van der Waals surface area contributed by atoms with Crippen LogP contribution in [0.25, 0.3) is 0 Å². The molecule has 2 aromatic carbocycles. The summed E-state index contributed by atoms with van der Waals surface area (Å²) in [6, 6.07) is 15.2. The van der Waals surface area contributed by atoms with Gasteiger partial charge in [-0.2, -0.15) is 0 Å². The van der Waals surface area contributed by atoms with Crippen LogP contribution in [0.3, 0.4) is 0 Å². The number of aliphatic carboxylic acids is 1. The van der Waals surface area contributed by atoms with Crippen LogP contribution in [0, 0.1) is 0 Å². The lowest BCUT2D eigenvalue weighted by atomic mass is 9.83. The zero-order valence-corrected chi connectivity index (χ0v) is 18.9. The van der Waals surface area contributed by atoms with Gasteiger partial charge in [0.2, 0.25) is 0 Å². The largest absolute Gasteiger partial charge is 0.497 e. The summed E-state index contributed by atoms with van der Waals surface area (Å²) in [6.07, 6.45) is 10.5. The maximum Gasteiger partial charge on any atom is 0.303 e. The highest BCUT2D eigenvalue weighted by molar-refractivity contribution is 5.66. The summed E-state index contributed by atoms with van der Waals surface area (Å²) in [5, 5.41) is 8.71. The molecule has 0 fully saturated rings. The molecular formula is C27H36O4. The summed E-state index contributed by atoms with van der Waals surface area (Å²) in [5.74, 6) is 2.21. The van der Waals surface area contributed by atoms with Crippen LogP contribution in [0.15, 0.2) is 42.5 Å². The quantitative estimate of drug-likeness (QED) is 0.363. The average Bonchev–Trinajstić information content (AvgIpc) is 3.15. The van der Waals surface area contributed by atoms with Crippen molar-refractivity contribution in [3.05, 3.63) is 59.2 Å². The molecule has 2 aromatic rings. The minimum absolute atomic E-state index is 0.304. The Balaban J connectivity index is 1.55. The van der Waals surface area contributed by atoms with Crippen molar-refractivity contribution in [2.45, 2.75) is 76.0 Å². The molecule has 0 amide bonds. The molecular weight excluding hydrogens is 388 g/mol. The SMILES string of the molecule is COc1ccc(C2Cc3cc(OC)ccc3C2CCCCCCCCCC(=O)O)cc1. The monoisotopic (exact) mass is 424 g/mol. The number of unbranched alkanes of at least 4 members (excludes halogenated alkanes) is 6. The van der Waals surface area contributed by atoms with Crippen LogP contribution < -0.4 is 9.47 Å². The van der Waals surface area contributed by atoms with Crippen molar-refractivity contribution in [1.82, 2.24) is 0 Å². The summed E-state index contributed by atoms with van der Waals surface area (Å²) in [6.45, 7) is 0. The van der Waals surface area contributed by atoms with Gasteiger partial charge in [0, 0.05) is 6.42 Å². The standard InChI is InChI=1S/C27H36O4/c1-30-22-14-12-20(13-15-22)26-19-21-18-23(31-2)16-17-24(21)25(26)10-8-6-4-3-5-7-9-11-27(28)29/h12-18,25-26H,3-11,19H2,1-2H3,(H,28,29). The van der Waals surface area contributed by atoms with Crippen molar-refractivity contribution in [2.75, 3.05) is 14.2 Å². The van der Waals surface area contributed by atoms with E-state index in [4.69, 9.17) is 14.6 Å². The number of hydrogen-bond donors (Lipinski definition) is 1. The Morgan fingerprint density at radius 1 is 0.871 bits per heavy atom. The third kappa shape index (κ3) is 6.49. The summed E-state index contributed by atoms with van der Waals surface area (Å²) < 4.78 is 10.8. The number of methoxy groups -OCH3 is 2. The fourth-order valence-electron chi connectivity index (χ4n) is 4.93. The van der Waals surface area contributed by atoms with Crippen molar-refractivity contribution in [2.24, 2.45) is 0 Å². The highest BCUT2D eigenvalue weighted by Crippen LogP contribution is 2.47. The molecule has 0 aliphatic heterocycles. The maximum absolute atomic E-state index is 10.6. The fourth-order valence-corrected chi connectivity index (χ4v) is 4.93. The van der Waals surface area contributed by atoms with Gasteiger partial charge in [-0.1, -0.05) is 56.7 Å². The van der Waals surface area contributed by atoms with E-state index < -0.39 is 5.97 Å². The van der Waals surface area contributed by atoms with Crippen molar-refractivity contribution >= 4 is 5.97 Å². The molecule has 2 atom stereocenters. The molecule has 168 valence electrons. The van der Waals surface area contributed by atoms with E-state index in [0.29, 0.717) is 18.3 Å². The first kappa shape index (κ1) is 23.2. The molecule has 2 unspecified atom stereocenters. The van der Waals surface area contributed by atoms with Gasteiger partial charge in [0.15, 0.2) is 0 Å². The number of hydrogen-bond acceptors (Lipinski definition) is 3. The molecule has 0 radical (unpaired) electrons. The molecule has 0 heterocycles. The van der Waals surface area contributed by atoms with Gasteiger partial charge in [0.1, 0.15) is 11.5 Å². The number of rotatable bonds is 13. The van der Waals surface area contributed by atoms with Crippen LogP contribution in [-0.4, -0.2) is 25.3 Å². The summed E-state index contributed by atoms with van der Waals surface area (Å²) in [5.41, 5.74) is 4.29. The molecule has 3 rings (SSSR count). The molecule has 0 saturated heterocycles. The second-order valence-corrected chi connectivity index (χ2v) is 8.66. The van der Waals surface area contributed by atoms with Crippen molar-refractivity contribution in [3.63, 3.8) is 0 Å². The second-order valence-electron chi connectivity index (χ2n) is 8.66. The molecule has 0 spiro atoms. The Morgan fingerprint density at radius 2 is 1.48 bits per heavy atom. The van der Waals surface area contributed by atoms with Gasteiger partial charge in [-0.15, -0.1) is 0 Å². The van der Waals surface area contributed by atoms with E-state index in [0.717, 1.165) is 37.2 Å². The third-order valence-electron chi connectivity index (χ3n) is 6.62. The highest BCUT2D eigenvalue weighted by Gasteiger charge is 2.33. The van der Waals surface area contributed by atoms with Crippen molar-refractivity contribution < 1.29 is 19.4 Å². The van der Waals surface area contributed by atoms with Gasteiger partial charge in [0.25, 0.3) is 0 Å². The number of benzene rings is 2. The summed E-state index contributed by atoms with van der Waals surface area (Å²) in [7, 11) is 3.44. The predicted octanol–water partition coefficient (Wildman–Crippen LogP) is 6.72. The summed E-state index contributed by atoms with van der Waals surface area (Å²) in [4.78, 5) is 10.6. The zero-order chi connectivity index (χ0) is 22.1. The second kappa shape index (κ2) is 11.8. The topological polar surface area (TPSA) is 55.8 Å². The van der Waals surface area contributed by atoms with E-state index in [9.17, 15) is 4.79 Å². The number of ether oxygens (including phenoxy) is 2. The molecule has 31 heavy (non-hydrogen) atoms. The predicted molar refractivity (Wildman–Crippen MR) is 124 cm³/mol. The van der Waals surface area contributed by atoms with Gasteiger partial charge in [-0.3, -0.25) is 4.79 Å². The number of carboxylic acid groups (broad SMARTS) is 1. The molecule has 0 aromatic heterocycles. The minimum atomic E-state index is -0.680. The van der Waals surface area contributed by atoms with E-state index >= 15 is 0 Å². The molecule has 1 aliphatic rings. The first-order valence-corrected chi connectivity index (χ1v) is 11.6. The molecule has 4 heteroatoms. The van der Waals surface area contributed by atoms with Crippen molar-refractivity contribution in [1.29, 1.82) is 0 Å². The number of carboxylic acids is 1. The van der Waals surface area contributed by atoms with E-state index in [-0.39, 0.29) is 0 Å². The van der Waals surface area contributed by atoms with Crippen LogP contribution in [-0.2, 0) is 11.2 Å². The Kier molecular flexibility index (Phi) is 8.81. The molecule has 1 aliphatic carbocycles. The van der Waals surface area contributed by atoms with Crippen LogP contribution in [0.1, 0.15) is 86.3 Å². The van der Waals surface area contributed by atoms with Gasteiger partial charge in [0.05, 0.1) is 14.2 Å². The fraction of sp³-hybridized carbons (Fsp3) is 0.519. The zero-order valence-electron chi connectivity index (χ0n) is 18.9. The van der Waals surface area contributed by atoms with Gasteiger partial charge < -0.3 is 14.6 Å². The van der Waals surface area contributed by atoms with Crippen LogP contribution in [0.5, 0.6) is 11.5 Å². The first-order chi connectivity index (χ1) is 15.1. The lowest BCUT2D eigenvalue weighted by Crippen LogP contribution is -2.06. The van der Waals surface area contributed by atoms with Gasteiger partial charge >= 0.3 is 5.97 Å². The first-order valence-electron chi connectivity index (χ1n) is 11.6. The highest BCUT2D eigenvalue weighted by atomic mass is 16.5. The Morgan fingerprint density at radius 3 is 2.13 bits per heavy atom. The molecule has 0 saturated carbocycles. The average molecular weight is 425 g/mol. The minimum Gasteiger partial charge on any atom is -0.497 e. The lowest BCUT2D eigenvalue weighted by Gasteiger charge is -2.21. The number of fused-ring (bicyclic) bond motifs is 1. The molecule has 1 N–H and O–H groups in total. The van der Waals surface area contributed by atoms with E-state index in [1.165, 1.54) is 48.8 Å². The van der Waals surface area contributed by atoms with E-state index in [2.05, 4.69) is 42.5 Å². The van der Waals surface area contributed by atoms with Crippen LogP contribution in [0.4, 0.5) is 0 Å². The van der Waals surface area contributed by atoms with Crippen molar-refractivity contribution in [3.8, 4) is 11.5 Å². The summed E-state index contributed by atoms with van der Waals surface area (Å²) >= 11 is 0. The Labute approximate surface area is 186 Å². The molecule has 4 nitrogen and oxygen atoms in total. The number of carbonyl (C=O) groups is 1. The maximum atomic E-state index is 10.6. The van der Waals surface area contributed by atoms with Crippen LogP contribution >= 0.6 is 0 Å². The normalized spacial score (nSPS) is 17.4. The third-order valence-corrected chi connectivity index (χ3v) is 6.62. The van der Waals surface area contributed by atoms with E-state index in [1.54, 1.807) is 14.2 Å². The Bertz CT molecular complexity index is 828. The van der Waals surface area contributed by atoms with Gasteiger partial charge in [-0.05, 0) is 72.1 Å². The van der Waals surface area contributed by atoms with Crippen LogP contribution in [0.2, 0.25) is 0 Å². The van der Waals surface area contributed by atoms with E-state index in [1.807, 2.05) is 0 Å². The Hall–Kier alpha value is -2.49. The smallest absolute Gasteiger partial charge is 0.303 e. The molecule has 0 bridgehead atoms.